The largest absolute Gasteiger partial charge is 0.325 e. The van der Waals surface area contributed by atoms with Crippen LogP contribution in [0, 0.1) is 0 Å². The first-order valence-corrected chi connectivity index (χ1v) is 7.83. The van der Waals surface area contributed by atoms with E-state index in [2.05, 4.69) is 22.5 Å². The number of likely N-dealkylation sites (tertiary alicyclic amines) is 1. The fourth-order valence-corrected chi connectivity index (χ4v) is 3.28. The van der Waals surface area contributed by atoms with E-state index in [1.54, 1.807) is 18.3 Å². The van der Waals surface area contributed by atoms with Crippen molar-refractivity contribution < 1.29 is 4.79 Å². The molecule has 1 unspecified atom stereocenters. The van der Waals surface area contributed by atoms with Crippen molar-refractivity contribution in [3.63, 3.8) is 0 Å². The van der Waals surface area contributed by atoms with Crippen LogP contribution in [0.15, 0.2) is 11.4 Å². The lowest BCUT2D eigenvalue weighted by Gasteiger charge is -2.23. The first-order valence-electron chi connectivity index (χ1n) is 6.95. The summed E-state index contributed by atoms with van der Waals surface area (Å²) in [4.78, 5) is 14.8. The molecule has 106 valence electrons. The molecule has 4 nitrogen and oxygen atoms in total. The van der Waals surface area contributed by atoms with Gasteiger partial charge >= 0.3 is 0 Å². The van der Waals surface area contributed by atoms with Crippen molar-refractivity contribution in [3.05, 3.63) is 16.3 Å². The lowest BCUT2D eigenvalue weighted by Crippen LogP contribution is -2.38. The van der Waals surface area contributed by atoms with Gasteiger partial charge in [-0.15, -0.1) is 11.3 Å². The fourth-order valence-electron chi connectivity index (χ4n) is 2.48. The summed E-state index contributed by atoms with van der Waals surface area (Å²) in [6.45, 7) is 8.12. The van der Waals surface area contributed by atoms with E-state index in [-0.39, 0.29) is 5.91 Å². The van der Waals surface area contributed by atoms with Crippen molar-refractivity contribution >= 4 is 22.9 Å². The zero-order valence-electron chi connectivity index (χ0n) is 11.7. The number of anilines is 1. The zero-order valence-corrected chi connectivity index (χ0v) is 12.6. The Labute approximate surface area is 119 Å². The van der Waals surface area contributed by atoms with E-state index in [1.807, 2.05) is 11.4 Å². The normalized spacial score (nSPS) is 17.6. The van der Waals surface area contributed by atoms with E-state index < -0.39 is 0 Å². The number of carbonyl (C=O) groups is 1. The lowest BCUT2D eigenvalue weighted by molar-refractivity contribution is -0.114. The molecule has 19 heavy (non-hydrogen) atoms. The zero-order chi connectivity index (χ0) is 13.7. The number of hydrogen-bond acceptors (Lipinski definition) is 4. The summed E-state index contributed by atoms with van der Waals surface area (Å²) in [5, 5.41) is 8.38. The minimum atomic E-state index is -0.00918. The van der Waals surface area contributed by atoms with Crippen LogP contribution < -0.4 is 10.6 Å². The fraction of sp³-hybridized carbons (Fsp3) is 0.643. The second-order valence-corrected chi connectivity index (χ2v) is 6.16. The molecule has 0 bridgehead atoms. The van der Waals surface area contributed by atoms with Crippen molar-refractivity contribution in [2.24, 2.45) is 0 Å². The molecule has 1 saturated heterocycles. The highest BCUT2D eigenvalue weighted by molar-refractivity contribution is 7.10. The highest BCUT2D eigenvalue weighted by atomic mass is 32.1. The van der Waals surface area contributed by atoms with E-state index in [0.29, 0.717) is 6.04 Å². The van der Waals surface area contributed by atoms with Gasteiger partial charge in [0, 0.05) is 30.9 Å². The summed E-state index contributed by atoms with van der Waals surface area (Å²) in [5.74, 6) is -0.00918. The summed E-state index contributed by atoms with van der Waals surface area (Å²) < 4.78 is 0. The van der Waals surface area contributed by atoms with Crippen LogP contribution in [0.5, 0.6) is 0 Å². The third kappa shape index (κ3) is 4.30. The number of thiophene rings is 1. The minimum Gasteiger partial charge on any atom is -0.325 e. The summed E-state index contributed by atoms with van der Waals surface area (Å²) in [5.41, 5.74) is 0.943. The molecule has 0 spiro atoms. The highest BCUT2D eigenvalue weighted by Gasteiger charge is 2.17. The van der Waals surface area contributed by atoms with Gasteiger partial charge in [0.1, 0.15) is 0 Å². The maximum atomic E-state index is 11.1. The molecule has 0 aromatic carbocycles. The van der Waals surface area contributed by atoms with Crippen LogP contribution in [0.25, 0.3) is 0 Å². The van der Waals surface area contributed by atoms with E-state index in [9.17, 15) is 4.79 Å². The molecular formula is C14H23N3OS. The van der Waals surface area contributed by atoms with Gasteiger partial charge in [0.05, 0.1) is 5.69 Å². The topological polar surface area (TPSA) is 44.4 Å². The minimum absolute atomic E-state index is 0.00918. The van der Waals surface area contributed by atoms with Crippen molar-refractivity contribution in [1.82, 2.24) is 10.2 Å². The second-order valence-electron chi connectivity index (χ2n) is 5.16. The Morgan fingerprint density at radius 3 is 2.89 bits per heavy atom. The Hall–Kier alpha value is -0.910. The Bertz CT molecular complexity index is 413. The Kier molecular flexibility index (Phi) is 5.36. The average molecular weight is 281 g/mol. The van der Waals surface area contributed by atoms with Gasteiger partial charge in [0.2, 0.25) is 5.91 Å². The highest BCUT2D eigenvalue weighted by Crippen LogP contribution is 2.22. The SMILES string of the molecule is CC(=O)Nc1ccsc1CNCC(C)N1CCCC1. The third-order valence-electron chi connectivity index (χ3n) is 3.55. The van der Waals surface area contributed by atoms with Crippen LogP contribution in [0.1, 0.15) is 31.6 Å². The van der Waals surface area contributed by atoms with Gasteiger partial charge in [0.25, 0.3) is 0 Å². The monoisotopic (exact) mass is 281 g/mol. The molecule has 0 radical (unpaired) electrons. The molecular weight excluding hydrogens is 258 g/mol. The number of rotatable bonds is 6. The molecule has 1 fully saturated rings. The quantitative estimate of drug-likeness (QED) is 0.841. The number of hydrogen-bond donors (Lipinski definition) is 2. The number of carbonyl (C=O) groups excluding carboxylic acids is 1. The van der Waals surface area contributed by atoms with Crippen LogP contribution in [0.2, 0.25) is 0 Å². The number of amides is 1. The summed E-state index contributed by atoms with van der Waals surface area (Å²) in [7, 11) is 0. The Morgan fingerprint density at radius 1 is 1.47 bits per heavy atom. The molecule has 1 aromatic heterocycles. The third-order valence-corrected chi connectivity index (χ3v) is 4.47. The van der Waals surface area contributed by atoms with Gasteiger partial charge in [-0.05, 0) is 44.3 Å². The number of nitrogens with one attached hydrogen (secondary N) is 2. The lowest BCUT2D eigenvalue weighted by atomic mass is 10.3. The van der Waals surface area contributed by atoms with Crippen LogP contribution in [0.3, 0.4) is 0 Å². The van der Waals surface area contributed by atoms with E-state index in [4.69, 9.17) is 0 Å². The molecule has 2 N–H and O–H groups in total. The van der Waals surface area contributed by atoms with Gasteiger partial charge in [0.15, 0.2) is 0 Å². The molecule has 1 amide bonds. The molecule has 0 aliphatic carbocycles. The van der Waals surface area contributed by atoms with Gasteiger partial charge in [-0.3, -0.25) is 9.69 Å². The smallest absolute Gasteiger partial charge is 0.221 e. The van der Waals surface area contributed by atoms with Gasteiger partial charge in [-0.2, -0.15) is 0 Å². The molecule has 0 saturated carbocycles. The second kappa shape index (κ2) is 7.03. The summed E-state index contributed by atoms with van der Waals surface area (Å²) >= 11 is 1.68. The molecule has 1 aromatic rings. The molecule has 2 heterocycles. The van der Waals surface area contributed by atoms with E-state index >= 15 is 0 Å². The maximum absolute atomic E-state index is 11.1. The first-order chi connectivity index (χ1) is 9.16. The van der Waals surface area contributed by atoms with Gasteiger partial charge in [-0.25, -0.2) is 0 Å². The maximum Gasteiger partial charge on any atom is 0.221 e. The Morgan fingerprint density at radius 2 is 2.21 bits per heavy atom. The summed E-state index contributed by atoms with van der Waals surface area (Å²) in [6, 6.07) is 2.55. The molecule has 1 aliphatic rings. The number of nitrogens with zero attached hydrogens (tertiary/aromatic N) is 1. The average Bonchev–Trinajstić information content (AvgIpc) is 3.00. The molecule has 5 heteroatoms. The molecule has 1 atom stereocenters. The predicted octanol–water partition coefficient (Wildman–Crippen LogP) is 2.28. The molecule has 1 aliphatic heterocycles. The standard InChI is InChI=1S/C14H23N3OS/c1-11(17-6-3-4-7-17)9-15-10-14-13(5-8-19-14)16-12(2)18/h5,8,11,15H,3-4,6-7,9-10H2,1-2H3,(H,16,18). The predicted molar refractivity (Wildman–Crippen MR) is 80.6 cm³/mol. The van der Waals surface area contributed by atoms with Gasteiger partial charge in [-0.1, -0.05) is 0 Å². The van der Waals surface area contributed by atoms with E-state index in [0.717, 1.165) is 18.8 Å². The van der Waals surface area contributed by atoms with Crippen molar-refractivity contribution in [3.8, 4) is 0 Å². The van der Waals surface area contributed by atoms with Crippen LogP contribution >= 0.6 is 11.3 Å². The van der Waals surface area contributed by atoms with Gasteiger partial charge < -0.3 is 10.6 Å². The molecule has 2 rings (SSSR count). The van der Waals surface area contributed by atoms with E-state index in [1.165, 1.54) is 30.8 Å². The first kappa shape index (κ1) is 14.5. The summed E-state index contributed by atoms with van der Waals surface area (Å²) in [6.07, 6.45) is 2.67. The van der Waals surface area contributed by atoms with Crippen molar-refractivity contribution in [2.45, 2.75) is 39.3 Å². The Balaban J connectivity index is 1.75. The van der Waals surface area contributed by atoms with Crippen molar-refractivity contribution in [1.29, 1.82) is 0 Å². The van der Waals surface area contributed by atoms with Crippen LogP contribution in [-0.2, 0) is 11.3 Å². The van der Waals surface area contributed by atoms with Crippen LogP contribution in [0.4, 0.5) is 5.69 Å². The van der Waals surface area contributed by atoms with Crippen molar-refractivity contribution in [2.75, 3.05) is 25.0 Å². The van der Waals surface area contributed by atoms with Crippen LogP contribution in [-0.4, -0.2) is 36.5 Å².